The molecule has 0 aliphatic heterocycles. The van der Waals surface area contributed by atoms with Gasteiger partial charge in [-0.15, -0.1) is 5.10 Å². The van der Waals surface area contributed by atoms with Crippen molar-refractivity contribution < 1.29 is 9.90 Å². The molecule has 2 rings (SSSR count). The summed E-state index contributed by atoms with van der Waals surface area (Å²) < 4.78 is 0. The van der Waals surface area contributed by atoms with Gasteiger partial charge in [-0.3, -0.25) is 9.89 Å². The predicted molar refractivity (Wildman–Crippen MR) is 61.6 cm³/mol. The summed E-state index contributed by atoms with van der Waals surface area (Å²) in [6.45, 7) is 5.99. The fourth-order valence-corrected chi connectivity index (χ4v) is 1.65. The lowest BCUT2D eigenvalue weighted by atomic mass is 9.89. The number of rotatable bonds is 2. The molecular formula is C11H18N4O2. The van der Waals surface area contributed by atoms with Gasteiger partial charge in [-0.25, -0.2) is 4.98 Å². The van der Waals surface area contributed by atoms with Crippen LogP contribution in [0, 0.1) is 0 Å². The molecule has 6 nitrogen and oxygen atoms in total. The number of carbonyl (C=O) groups excluding carboxylic acids is 1. The Bertz CT molecular complexity index is 415. The van der Waals surface area contributed by atoms with Crippen LogP contribution in [0.15, 0.2) is 0 Å². The summed E-state index contributed by atoms with van der Waals surface area (Å²) in [4.78, 5) is 15.9. The van der Waals surface area contributed by atoms with Crippen LogP contribution in [0.5, 0.6) is 0 Å². The summed E-state index contributed by atoms with van der Waals surface area (Å²) >= 11 is 0. The average molecular weight is 238 g/mol. The highest BCUT2D eigenvalue weighted by Gasteiger charge is 2.30. The molecule has 17 heavy (non-hydrogen) atoms. The molecule has 1 aliphatic carbocycles. The molecule has 0 bridgehead atoms. The molecule has 1 fully saturated rings. The molecule has 1 amide bonds. The standard InChI is InChI=1S/C11H18N4O2/c1-11(2,3)10-13-8(14-15-10)9(17)12-6-4-7(16)5-6/h6-7,16H,4-5H2,1-3H3,(H,12,17)(H,13,14,15). The lowest BCUT2D eigenvalue weighted by Gasteiger charge is -2.31. The third-order valence-electron chi connectivity index (χ3n) is 2.85. The fourth-order valence-electron chi connectivity index (χ4n) is 1.65. The largest absolute Gasteiger partial charge is 0.393 e. The van der Waals surface area contributed by atoms with Crippen LogP contribution in [0.25, 0.3) is 0 Å². The maximum atomic E-state index is 11.8. The zero-order valence-corrected chi connectivity index (χ0v) is 10.3. The number of nitrogens with one attached hydrogen (secondary N) is 2. The maximum absolute atomic E-state index is 11.8. The van der Waals surface area contributed by atoms with E-state index in [9.17, 15) is 4.79 Å². The summed E-state index contributed by atoms with van der Waals surface area (Å²) in [7, 11) is 0. The topological polar surface area (TPSA) is 90.9 Å². The molecule has 94 valence electrons. The van der Waals surface area contributed by atoms with Gasteiger partial charge in [0, 0.05) is 11.5 Å². The second kappa shape index (κ2) is 4.10. The van der Waals surface area contributed by atoms with Crippen LogP contribution in [0.3, 0.4) is 0 Å². The van der Waals surface area contributed by atoms with Crippen LogP contribution in [0.4, 0.5) is 0 Å². The minimum atomic E-state index is -0.284. The van der Waals surface area contributed by atoms with E-state index < -0.39 is 0 Å². The van der Waals surface area contributed by atoms with E-state index >= 15 is 0 Å². The number of hydrogen-bond acceptors (Lipinski definition) is 4. The number of carbonyl (C=O) groups is 1. The highest BCUT2D eigenvalue weighted by molar-refractivity contribution is 5.90. The molecule has 6 heteroatoms. The van der Waals surface area contributed by atoms with Crippen LogP contribution >= 0.6 is 0 Å². The minimum absolute atomic E-state index is 0.0501. The molecule has 0 aromatic carbocycles. The van der Waals surface area contributed by atoms with E-state index in [2.05, 4.69) is 20.5 Å². The van der Waals surface area contributed by atoms with Gasteiger partial charge in [0.1, 0.15) is 5.82 Å². The number of H-pyrrole nitrogens is 1. The first kappa shape index (κ1) is 12.0. The van der Waals surface area contributed by atoms with E-state index in [0.717, 1.165) is 0 Å². The minimum Gasteiger partial charge on any atom is -0.393 e. The Hall–Kier alpha value is -1.43. The van der Waals surface area contributed by atoms with Crippen molar-refractivity contribution in [1.29, 1.82) is 0 Å². The van der Waals surface area contributed by atoms with Crippen molar-refractivity contribution in [3.05, 3.63) is 11.6 Å². The molecule has 0 unspecified atom stereocenters. The number of amides is 1. The Morgan fingerprint density at radius 1 is 1.47 bits per heavy atom. The van der Waals surface area contributed by atoms with Crippen LogP contribution in [0.1, 0.15) is 50.1 Å². The Balaban J connectivity index is 1.98. The van der Waals surface area contributed by atoms with E-state index in [1.807, 2.05) is 20.8 Å². The zero-order valence-electron chi connectivity index (χ0n) is 10.3. The van der Waals surface area contributed by atoms with Gasteiger partial charge >= 0.3 is 0 Å². The van der Waals surface area contributed by atoms with Crippen molar-refractivity contribution >= 4 is 5.91 Å². The Morgan fingerprint density at radius 2 is 2.12 bits per heavy atom. The monoisotopic (exact) mass is 238 g/mol. The summed E-state index contributed by atoms with van der Waals surface area (Å²) in [6, 6.07) is 0.0501. The number of aromatic nitrogens is 3. The van der Waals surface area contributed by atoms with E-state index in [1.54, 1.807) is 0 Å². The number of aliphatic hydroxyl groups is 1. The normalized spacial score (nSPS) is 24.2. The van der Waals surface area contributed by atoms with Crippen molar-refractivity contribution in [2.45, 2.75) is 51.2 Å². The highest BCUT2D eigenvalue weighted by Crippen LogP contribution is 2.20. The van der Waals surface area contributed by atoms with Gasteiger partial charge in [-0.2, -0.15) is 0 Å². The van der Waals surface area contributed by atoms with Gasteiger partial charge in [0.05, 0.1) is 6.10 Å². The molecular weight excluding hydrogens is 220 g/mol. The second-order valence-corrected chi connectivity index (χ2v) is 5.55. The Kier molecular flexibility index (Phi) is 2.91. The first-order chi connectivity index (χ1) is 7.86. The first-order valence-corrected chi connectivity index (χ1v) is 5.78. The van der Waals surface area contributed by atoms with Gasteiger partial charge < -0.3 is 10.4 Å². The SMILES string of the molecule is CC(C)(C)c1nc(C(=O)NC2CC(O)C2)n[nH]1. The lowest BCUT2D eigenvalue weighted by Crippen LogP contribution is -2.47. The molecule has 1 aliphatic rings. The Morgan fingerprint density at radius 3 is 2.59 bits per heavy atom. The van der Waals surface area contributed by atoms with Crippen molar-refractivity contribution in [2.75, 3.05) is 0 Å². The number of nitrogens with zero attached hydrogens (tertiary/aromatic N) is 2. The second-order valence-electron chi connectivity index (χ2n) is 5.55. The number of hydrogen-bond donors (Lipinski definition) is 3. The third-order valence-corrected chi connectivity index (χ3v) is 2.85. The first-order valence-electron chi connectivity index (χ1n) is 5.78. The van der Waals surface area contributed by atoms with Gasteiger partial charge in [-0.05, 0) is 12.8 Å². The average Bonchev–Trinajstić information content (AvgIpc) is 2.63. The van der Waals surface area contributed by atoms with Gasteiger partial charge in [-0.1, -0.05) is 20.8 Å². The molecule has 0 atom stereocenters. The molecule has 1 heterocycles. The van der Waals surface area contributed by atoms with Gasteiger partial charge in [0.15, 0.2) is 0 Å². The summed E-state index contributed by atoms with van der Waals surface area (Å²) in [5, 5.41) is 18.6. The number of aliphatic hydroxyl groups excluding tert-OH is 1. The third kappa shape index (κ3) is 2.63. The predicted octanol–water partition coefficient (Wildman–Crippen LogP) is 0.355. The molecule has 1 aromatic rings. The van der Waals surface area contributed by atoms with E-state index in [4.69, 9.17) is 5.11 Å². The fraction of sp³-hybridized carbons (Fsp3) is 0.727. The van der Waals surface area contributed by atoms with Crippen LogP contribution in [-0.4, -0.2) is 38.3 Å². The molecule has 1 aromatic heterocycles. The Labute approximate surface area is 99.8 Å². The van der Waals surface area contributed by atoms with E-state index in [-0.39, 0.29) is 29.3 Å². The maximum Gasteiger partial charge on any atom is 0.291 e. The van der Waals surface area contributed by atoms with Gasteiger partial charge in [0.2, 0.25) is 5.82 Å². The number of aromatic amines is 1. The summed E-state index contributed by atoms with van der Waals surface area (Å²) in [6.07, 6.45) is 0.947. The molecule has 1 saturated carbocycles. The molecule has 3 N–H and O–H groups in total. The summed E-state index contributed by atoms with van der Waals surface area (Å²) in [5.41, 5.74) is -0.155. The smallest absolute Gasteiger partial charge is 0.291 e. The van der Waals surface area contributed by atoms with E-state index in [1.165, 1.54) is 0 Å². The van der Waals surface area contributed by atoms with Crippen LogP contribution < -0.4 is 5.32 Å². The molecule has 0 radical (unpaired) electrons. The van der Waals surface area contributed by atoms with Crippen molar-refractivity contribution in [2.24, 2.45) is 0 Å². The van der Waals surface area contributed by atoms with Gasteiger partial charge in [0.25, 0.3) is 5.91 Å². The van der Waals surface area contributed by atoms with Crippen molar-refractivity contribution in [3.63, 3.8) is 0 Å². The van der Waals surface area contributed by atoms with Crippen LogP contribution in [-0.2, 0) is 5.41 Å². The molecule has 0 spiro atoms. The molecule has 0 saturated heterocycles. The van der Waals surface area contributed by atoms with Crippen molar-refractivity contribution in [3.8, 4) is 0 Å². The summed E-state index contributed by atoms with van der Waals surface area (Å²) in [5.74, 6) is 0.571. The highest BCUT2D eigenvalue weighted by atomic mass is 16.3. The van der Waals surface area contributed by atoms with E-state index in [0.29, 0.717) is 18.7 Å². The lowest BCUT2D eigenvalue weighted by molar-refractivity contribution is 0.0558. The quantitative estimate of drug-likeness (QED) is 0.693. The van der Waals surface area contributed by atoms with Crippen molar-refractivity contribution in [1.82, 2.24) is 20.5 Å². The zero-order chi connectivity index (χ0) is 12.6. The van der Waals surface area contributed by atoms with Crippen LogP contribution in [0.2, 0.25) is 0 Å².